The molecule has 3 N–H and O–H groups in total. The lowest BCUT2D eigenvalue weighted by Gasteiger charge is -2.29. The van der Waals surface area contributed by atoms with Gasteiger partial charge in [-0.1, -0.05) is 0 Å². The third kappa shape index (κ3) is 1.46. The summed E-state index contributed by atoms with van der Waals surface area (Å²) in [6.45, 7) is 3.65. The van der Waals surface area contributed by atoms with Crippen molar-refractivity contribution in [3.63, 3.8) is 0 Å². The van der Waals surface area contributed by atoms with Crippen LogP contribution in [-0.2, 0) is 13.1 Å². The number of likely N-dealkylation sites (tertiary alicyclic amines) is 1. The van der Waals surface area contributed by atoms with Gasteiger partial charge in [0.25, 0.3) is 0 Å². The van der Waals surface area contributed by atoms with Crippen LogP contribution in [0.4, 0.5) is 0 Å². The maximum absolute atomic E-state index is 5.38. The van der Waals surface area contributed by atoms with Crippen LogP contribution in [0.3, 0.4) is 0 Å². The third-order valence-electron chi connectivity index (χ3n) is 2.08. The second kappa shape index (κ2) is 3.20. The van der Waals surface area contributed by atoms with E-state index < -0.39 is 0 Å². The summed E-state index contributed by atoms with van der Waals surface area (Å²) in [5.41, 5.74) is 5.38. The summed E-state index contributed by atoms with van der Waals surface area (Å²) >= 11 is 0. The fraction of sp³-hybridized carbons (Fsp3) is 0.714. The fourth-order valence-electron chi connectivity index (χ4n) is 1.25. The van der Waals surface area contributed by atoms with Crippen molar-refractivity contribution in [2.75, 3.05) is 13.1 Å². The topological polar surface area (TPSA) is 70.8 Å². The van der Waals surface area contributed by atoms with Gasteiger partial charge in [-0.2, -0.15) is 5.10 Å². The van der Waals surface area contributed by atoms with Crippen molar-refractivity contribution in [2.24, 2.45) is 5.73 Å². The van der Waals surface area contributed by atoms with Crippen LogP contribution < -0.4 is 5.73 Å². The normalized spacial score (nSPS) is 17.8. The number of rotatable bonds is 3. The molecule has 66 valence electrons. The highest BCUT2D eigenvalue weighted by Crippen LogP contribution is 2.08. The van der Waals surface area contributed by atoms with Crippen LogP contribution >= 0.6 is 0 Å². The number of hydrogen-bond donors (Lipinski definition) is 2. The van der Waals surface area contributed by atoms with E-state index in [-0.39, 0.29) is 0 Å². The van der Waals surface area contributed by atoms with Crippen LogP contribution in [0.15, 0.2) is 0 Å². The molecule has 5 nitrogen and oxygen atoms in total. The SMILES string of the molecule is NCc1n[nH]c(CN2CCC2)n1. The molecule has 0 bridgehead atoms. The van der Waals surface area contributed by atoms with Gasteiger partial charge in [0, 0.05) is 0 Å². The van der Waals surface area contributed by atoms with Gasteiger partial charge in [-0.15, -0.1) is 0 Å². The van der Waals surface area contributed by atoms with Gasteiger partial charge in [0.05, 0.1) is 13.1 Å². The molecule has 1 fully saturated rings. The highest BCUT2D eigenvalue weighted by atomic mass is 15.3. The Balaban J connectivity index is 1.93. The minimum absolute atomic E-state index is 0.413. The van der Waals surface area contributed by atoms with E-state index in [1.165, 1.54) is 19.5 Å². The van der Waals surface area contributed by atoms with Crippen LogP contribution in [-0.4, -0.2) is 33.2 Å². The van der Waals surface area contributed by atoms with Crippen molar-refractivity contribution >= 4 is 0 Å². The quantitative estimate of drug-likeness (QED) is 0.635. The zero-order valence-corrected chi connectivity index (χ0v) is 6.95. The summed E-state index contributed by atoms with van der Waals surface area (Å²) in [5.74, 6) is 1.63. The Labute approximate surface area is 71.0 Å². The molecule has 1 saturated heterocycles. The molecule has 2 heterocycles. The minimum Gasteiger partial charge on any atom is -0.324 e. The molecule has 2 rings (SSSR count). The highest BCUT2D eigenvalue weighted by molar-refractivity contribution is 4.90. The molecule has 0 saturated carbocycles. The molecule has 5 heteroatoms. The molecule has 0 amide bonds. The lowest BCUT2D eigenvalue weighted by atomic mass is 10.2. The standard InChI is InChI=1S/C7H13N5/c8-4-6-9-7(11-10-6)5-12-2-1-3-12/h1-5,8H2,(H,9,10,11). The van der Waals surface area contributed by atoms with Gasteiger partial charge in [0.1, 0.15) is 5.82 Å². The number of nitrogens with zero attached hydrogens (tertiary/aromatic N) is 3. The van der Waals surface area contributed by atoms with E-state index in [1.807, 2.05) is 0 Å². The number of nitrogens with two attached hydrogens (primary N) is 1. The van der Waals surface area contributed by atoms with Crippen molar-refractivity contribution in [1.82, 2.24) is 20.1 Å². The second-order valence-electron chi connectivity index (χ2n) is 3.03. The average Bonchev–Trinajstić information content (AvgIpc) is 2.44. The van der Waals surface area contributed by atoms with E-state index in [1.54, 1.807) is 0 Å². The number of H-pyrrole nitrogens is 1. The average molecular weight is 167 g/mol. The lowest BCUT2D eigenvalue weighted by Crippen LogP contribution is -2.36. The third-order valence-corrected chi connectivity index (χ3v) is 2.08. The van der Waals surface area contributed by atoms with E-state index in [0.29, 0.717) is 12.4 Å². The zero-order chi connectivity index (χ0) is 8.39. The molecule has 12 heavy (non-hydrogen) atoms. The van der Waals surface area contributed by atoms with Crippen molar-refractivity contribution in [3.8, 4) is 0 Å². The number of aromatic nitrogens is 3. The fourth-order valence-corrected chi connectivity index (χ4v) is 1.25. The largest absolute Gasteiger partial charge is 0.324 e. The first kappa shape index (κ1) is 7.70. The first-order chi connectivity index (χ1) is 5.88. The lowest BCUT2D eigenvalue weighted by molar-refractivity contribution is 0.168. The minimum atomic E-state index is 0.413. The van der Waals surface area contributed by atoms with Crippen molar-refractivity contribution in [2.45, 2.75) is 19.5 Å². The first-order valence-corrected chi connectivity index (χ1v) is 4.21. The van der Waals surface area contributed by atoms with Crippen LogP contribution in [0.1, 0.15) is 18.1 Å². The molecule has 0 unspecified atom stereocenters. The smallest absolute Gasteiger partial charge is 0.164 e. The van der Waals surface area contributed by atoms with Gasteiger partial charge in [-0.3, -0.25) is 10.00 Å². The Morgan fingerprint density at radius 2 is 2.33 bits per heavy atom. The molecule has 1 aliphatic rings. The monoisotopic (exact) mass is 167 g/mol. The summed E-state index contributed by atoms with van der Waals surface area (Å²) in [4.78, 5) is 6.54. The number of hydrogen-bond acceptors (Lipinski definition) is 4. The van der Waals surface area contributed by atoms with Gasteiger partial charge in [-0.25, -0.2) is 4.98 Å². The summed E-state index contributed by atoms with van der Waals surface area (Å²) in [7, 11) is 0. The Morgan fingerprint density at radius 3 is 2.83 bits per heavy atom. The molecule has 0 atom stereocenters. The van der Waals surface area contributed by atoms with E-state index in [0.717, 1.165) is 12.4 Å². The molecule has 0 aliphatic carbocycles. The first-order valence-electron chi connectivity index (χ1n) is 4.21. The Hall–Kier alpha value is -0.940. The van der Waals surface area contributed by atoms with Gasteiger partial charge >= 0.3 is 0 Å². The van der Waals surface area contributed by atoms with Crippen molar-refractivity contribution in [3.05, 3.63) is 11.6 Å². The van der Waals surface area contributed by atoms with Crippen LogP contribution in [0.2, 0.25) is 0 Å². The second-order valence-corrected chi connectivity index (χ2v) is 3.03. The van der Waals surface area contributed by atoms with Crippen LogP contribution in [0.5, 0.6) is 0 Å². The van der Waals surface area contributed by atoms with Crippen LogP contribution in [0, 0.1) is 0 Å². The Kier molecular flexibility index (Phi) is 2.05. The van der Waals surface area contributed by atoms with Gasteiger partial charge in [0.15, 0.2) is 5.82 Å². The molecular weight excluding hydrogens is 154 g/mol. The van der Waals surface area contributed by atoms with Gasteiger partial charge in [0.2, 0.25) is 0 Å². The highest BCUT2D eigenvalue weighted by Gasteiger charge is 2.15. The zero-order valence-electron chi connectivity index (χ0n) is 6.95. The van der Waals surface area contributed by atoms with Gasteiger partial charge in [-0.05, 0) is 19.5 Å². The molecule has 1 aromatic heterocycles. The molecule has 0 radical (unpaired) electrons. The predicted molar refractivity (Wildman–Crippen MR) is 44.2 cm³/mol. The van der Waals surface area contributed by atoms with Crippen molar-refractivity contribution < 1.29 is 0 Å². The Morgan fingerprint density at radius 1 is 1.50 bits per heavy atom. The maximum Gasteiger partial charge on any atom is 0.164 e. The van der Waals surface area contributed by atoms with E-state index in [4.69, 9.17) is 5.73 Å². The summed E-state index contributed by atoms with van der Waals surface area (Å²) in [5, 5.41) is 6.83. The summed E-state index contributed by atoms with van der Waals surface area (Å²) in [6, 6.07) is 0. The van der Waals surface area contributed by atoms with E-state index in [9.17, 15) is 0 Å². The number of nitrogens with one attached hydrogen (secondary N) is 1. The number of aromatic amines is 1. The van der Waals surface area contributed by atoms with Crippen LogP contribution in [0.25, 0.3) is 0 Å². The van der Waals surface area contributed by atoms with Crippen molar-refractivity contribution in [1.29, 1.82) is 0 Å². The predicted octanol–water partition coefficient (Wildman–Crippen LogP) is -0.531. The molecular formula is C7H13N5. The Bertz CT molecular complexity index is 252. The molecule has 1 aromatic rings. The molecule has 1 aliphatic heterocycles. The van der Waals surface area contributed by atoms with E-state index in [2.05, 4.69) is 20.1 Å². The van der Waals surface area contributed by atoms with Gasteiger partial charge < -0.3 is 5.73 Å². The summed E-state index contributed by atoms with van der Waals surface area (Å²) < 4.78 is 0. The summed E-state index contributed by atoms with van der Waals surface area (Å²) in [6.07, 6.45) is 1.30. The van der Waals surface area contributed by atoms with E-state index >= 15 is 0 Å². The molecule has 0 aromatic carbocycles. The molecule has 0 spiro atoms. The maximum atomic E-state index is 5.38.